The first-order valence-electron chi connectivity index (χ1n) is 11.5. The lowest BCUT2D eigenvalue weighted by Gasteiger charge is -2.45. The van der Waals surface area contributed by atoms with E-state index in [4.69, 9.17) is 9.47 Å². The summed E-state index contributed by atoms with van der Waals surface area (Å²) < 4.78 is 12.2. The number of benzene rings is 1. The van der Waals surface area contributed by atoms with E-state index < -0.39 is 5.60 Å². The van der Waals surface area contributed by atoms with Crippen molar-refractivity contribution < 1.29 is 19.4 Å². The molecule has 2 aliphatic carbocycles. The van der Waals surface area contributed by atoms with Gasteiger partial charge in [0.15, 0.2) is 0 Å². The van der Waals surface area contributed by atoms with Crippen LogP contribution in [0.3, 0.4) is 0 Å². The zero-order valence-electron chi connectivity index (χ0n) is 18.6. The summed E-state index contributed by atoms with van der Waals surface area (Å²) in [5.41, 5.74) is -0.0563. The van der Waals surface area contributed by atoms with Crippen LogP contribution >= 0.6 is 0 Å². The fourth-order valence-electron chi connectivity index (χ4n) is 6.90. The molecule has 164 valence electrons. The van der Waals surface area contributed by atoms with E-state index >= 15 is 0 Å². The average molecular weight is 414 g/mol. The summed E-state index contributed by atoms with van der Waals surface area (Å²) in [7, 11) is 1.99. The Balaban J connectivity index is 1.29. The highest BCUT2D eigenvalue weighted by molar-refractivity contribution is 5.75. The molecule has 5 rings (SSSR count). The summed E-state index contributed by atoms with van der Waals surface area (Å²) in [5, 5.41) is 11.0. The highest BCUT2D eigenvalue weighted by Crippen LogP contribution is 2.61. The Morgan fingerprint density at radius 1 is 1.27 bits per heavy atom. The Labute approximate surface area is 179 Å². The molecule has 0 bridgehead atoms. The predicted octanol–water partition coefficient (Wildman–Crippen LogP) is 3.21. The standard InChI is InChI=1S/C25H35NO4/c1-15-12-18-19(13-26(4)14-24(2,28)16-8-6-5-7-9-16)23(27)29-21(18)20-17(15)10-11-25(3)22(20)30-25/h5-9,15,17-22,28H,10-14H2,1-4H3. The van der Waals surface area contributed by atoms with Crippen LogP contribution in [0.15, 0.2) is 30.3 Å². The molecule has 5 nitrogen and oxygen atoms in total. The van der Waals surface area contributed by atoms with Crippen LogP contribution in [0.1, 0.15) is 45.6 Å². The van der Waals surface area contributed by atoms with Crippen LogP contribution in [0, 0.1) is 29.6 Å². The largest absolute Gasteiger partial charge is 0.461 e. The van der Waals surface area contributed by atoms with Gasteiger partial charge in [0.2, 0.25) is 0 Å². The van der Waals surface area contributed by atoms with Gasteiger partial charge < -0.3 is 19.5 Å². The second-order valence-electron chi connectivity index (χ2n) is 10.9. The van der Waals surface area contributed by atoms with Gasteiger partial charge in [0.05, 0.1) is 23.2 Å². The van der Waals surface area contributed by atoms with Crippen molar-refractivity contribution >= 4 is 5.97 Å². The van der Waals surface area contributed by atoms with Crippen LogP contribution in [0.4, 0.5) is 0 Å². The monoisotopic (exact) mass is 413 g/mol. The molecule has 2 saturated heterocycles. The van der Waals surface area contributed by atoms with Crippen LogP contribution in [0.5, 0.6) is 0 Å². The lowest BCUT2D eigenvalue weighted by atomic mass is 9.58. The Kier molecular flexibility index (Phi) is 4.81. The summed E-state index contributed by atoms with van der Waals surface area (Å²) in [6, 6.07) is 9.74. The lowest BCUT2D eigenvalue weighted by Crippen LogP contribution is -2.49. The minimum absolute atomic E-state index is 0.00106. The van der Waals surface area contributed by atoms with Gasteiger partial charge in [-0.25, -0.2) is 0 Å². The fraction of sp³-hybridized carbons (Fsp3) is 0.720. The van der Waals surface area contributed by atoms with Gasteiger partial charge in [-0.2, -0.15) is 0 Å². The van der Waals surface area contributed by atoms with E-state index in [0.29, 0.717) is 30.8 Å². The van der Waals surface area contributed by atoms with Gasteiger partial charge in [-0.3, -0.25) is 4.79 Å². The van der Waals surface area contributed by atoms with Crippen molar-refractivity contribution in [3.05, 3.63) is 35.9 Å². The van der Waals surface area contributed by atoms with Gasteiger partial charge in [0, 0.05) is 24.9 Å². The van der Waals surface area contributed by atoms with Gasteiger partial charge in [0.1, 0.15) is 6.10 Å². The van der Waals surface area contributed by atoms with Crippen LogP contribution < -0.4 is 0 Å². The van der Waals surface area contributed by atoms with Crippen LogP contribution in [-0.4, -0.2) is 53.9 Å². The molecule has 0 aromatic heterocycles. The molecule has 0 radical (unpaired) electrons. The van der Waals surface area contributed by atoms with E-state index in [1.807, 2.05) is 44.3 Å². The minimum Gasteiger partial charge on any atom is -0.461 e. The number of carbonyl (C=O) groups excluding carboxylic acids is 1. The number of hydrogen-bond donors (Lipinski definition) is 1. The zero-order chi connectivity index (χ0) is 21.3. The molecule has 1 aromatic carbocycles. The van der Waals surface area contributed by atoms with E-state index in [1.54, 1.807) is 0 Å². The first-order valence-corrected chi connectivity index (χ1v) is 11.5. The summed E-state index contributed by atoms with van der Waals surface area (Å²) in [5.74, 6) is 1.63. The van der Waals surface area contributed by atoms with E-state index in [2.05, 4.69) is 18.7 Å². The number of likely N-dealkylation sites (N-methyl/N-ethyl adjacent to an activating group) is 1. The molecule has 9 unspecified atom stereocenters. The van der Waals surface area contributed by atoms with E-state index in [9.17, 15) is 9.90 Å². The molecule has 2 aliphatic heterocycles. The van der Waals surface area contributed by atoms with Crippen LogP contribution in [-0.2, 0) is 19.9 Å². The summed E-state index contributed by atoms with van der Waals surface area (Å²) >= 11 is 0. The van der Waals surface area contributed by atoms with Crippen molar-refractivity contribution in [2.75, 3.05) is 20.1 Å². The van der Waals surface area contributed by atoms with Crippen molar-refractivity contribution in [1.82, 2.24) is 4.90 Å². The quantitative estimate of drug-likeness (QED) is 0.593. The van der Waals surface area contributed by atoms with Crippen LogP contribution in [0.25, 0.3) is 0 Å². The topological polar surface area (TPSA) is 62.3 Å². The second kappa shape index (κ2) is 7.04. The number of epoxide rings is 1. The molecule has 4 fully saturated rings. The first kappa shape index (κ1) is 20.5. The number of fused-ring (bicyclic) bond motifs is 5. The van der Waals surface area contributed by atoms with Crippen molar-refractivity contribution in [3.63, 3.8) is 0 Å². The molecule has 1 aromatic rings. The molecule has 0 amide bonds. The molecule has 2 heterocycles. The highest BCUT2D eigenvalue weighted by atomic mass is 16.6. The molecule has 2 saturated carbocycles. The second-order valence-corrected chi connectivity index (χ2v) is 10.9. The number of nitrogens with zero attached hydrogens (tertiary/aromatic N) is 1. The van der Waals surface area contributed by atoms with Crippen LogP contribution in [0.2, 0.25) is 0 Å². The van der Waals surface area contributed by atoms with E-state index in [1.165, 1.54) is 6.42 Å². The lowest BCUT2D eigenvalue weighted by molar-refractivity contribution is -0.149. The van der Waals surface area contributed by atoms with Gasteiger partial charge in [-0.1, -0.05) is 37.3 Å². The van der Waals surface area contributed by atoms with Crippen molar-refractivity contribution in [2.45, 2.75) is 63.4 Å². The summed E-state index contributed by atoms with van der Waals surface area (Å²) in [6.07, 6.45) is 3.63. The molecule has 5 heteroatoms. The van der Waals surface area contributed by atoms with Crippen molar-refractivity contribution in [1.29, 1.82) is 0 Å². The molecule has 30 heavy (non-hydrogen) atoms. The number of esters is 1. The van der Waals surface area contributed by atoms with E-state index in [0.717, 1.165) is 18.4 Å². The fourth-order valence-corrected chi connectivity index (χ4v) is 6.90. The highest BCUT2D eigenvalue weighted by Gasteiger charge is 2.67. The third kappa shape index (κ3) is 3.30. The Hall–Kier alpha value is -1.43. The van der Waals surface area contributed by atoms with Gasteiger partial charge in [-0.15, -0.1) is 0 Å². The molecular weight excluding hydrogens is 378 g/mol. The molecule has 0 spiro atoms. The van der Waals surface area contributed by atoms with E-state index in [-0.39, 0.29) is 35.6 Å². The maximum Gasteiger partial charge on any atom is 0.310 e. The Morgan fingerprint density at radius 3 is 2.73 bits per heavy atom. The number of aliphatic hydroxyl groups is 1. The molecule has 9 atom stereocenters. The minimum atomic E-state index is -0.962. The Bertz CT molecular complexity index is 811. The smallest absolute Gasteiger partial charge is 0.310 e. The third-order valence-electron chi connectivity index (χ3n) is 8.49. The first-order chi connectivity index (χ1) is 14.2. The average Bonchev–Trinajstić information content (AvgIpc) is 3.31. The molecular formula is C25H35NO4. The molecule has 4 aliphatic rings. The number of rotatable bonds is 5. The maximum absolute atomic E-state index is 12.9. The summed E-state index contributed by atoms with van der Waals surface area (Å²) in [6.45, 7) is 7.51. The van der Waals surface area contributed by atoms with Gasteiger partial charge in [0.25, 0.3) is 0 Å². The van der Waals surface area contributed by atoms with Crippen molar-refractivity contribution in [2.24, 2.45) is 29.6 Å². The number of ether oxygens (including phenoxy) is 2. The molecule has 1 N–H and O–H groups in total. The maximum atomic E-state index is 12.9. The number of hydrogen-bond acceptors (Lipinski definition) is 5. The summed E-state index contributed by atoms with van der Waals surface area (Å²) in [4.78, 5) is 15.0. The Morgan fingerprint density at radius 2 is 2.00 bits per heavy atom. The SMILES string of the molecule is CC1CC2C(CN(C)CC(C)(O)c3ccccc3)C(=O)OC2C2C1CCC1(C)OC21. The third-order valence-corrected chi connectivity index (χ3v) is 8.49. The number of carbonyl (C=O) groups is 1. The van der Waals surface area contributed by atoms with Gasteiger partial charge in [-0.05, 0) is 57.6 Å². The van der Waals surface area contributed by atoms with Crippen molar-refractivity contribution in [3.8, 4) is 0 Å². The van der Waals surface area contributed by atoms with Gasteiger partial charge >= 0.3 is 5.97 Å². The zero-order valence-corrected chi connectivity index (χ0v) is 18.6. The predicted molar refractivity (Wildman–Crippen MR) is 114 cm³/mol. The normalized spacial score (nSPS) is 43.9.